The number of nitrogens with one attached hydrogen (secondary N) is 1. The van der Waals surface area contributed by atoms with E-state index in [9.17, 15) is 14.5 Å². The summed E-state index contributed by atoms with van der Waals surface area (Å²) in [5.74, 6) is -0.504. The zero-order valence-electron chi connectivity index (χ0n) is 10.8. The van der Waals surface area contributed by atoms with Gasteiger partial charge in [-0.1, -0.05) is 12.1 Å². The molecule has 0 aliphatic rings. The average molecular weight is 292 g/mol. The summed E-state index contributed by atoms with van der Waals surface area (Å²) >= 11 is 1.64. The number of benzene rings is 2. The van der Waals surface area contributed by atoms with Crippen molar-refractivity contribution in [3.63, 3.8) is 0 Å². The van der Waals surface area contributed by atoms with Gasteiger partial charge in [0, 0.05) is 23.6 Å². The van der Waals surface area contributed by atoms with Crippen LogP contribution in [0, 0.1) is 15.9 Å². The first-order valence-corrected chi connectivity index (χ1v) is 7.13. The number of nitrogens with zero attached hydrogens (tertiary/aromatic N) is 1. The van der Waals surface area contributed by atoms with Gasteiger partial charge in [0.05, 0.1) is 4.92 Å². The molecule has 2 rings (SSSR count). The Kier molecular flexibility index (Phi) is 4.57. The fraction of sp³-hybridized carbons (Fsp3) is 0.143. The molecule has 0 spiro atoms. The molecule has 0 aliphatic carbocycles. The lowest BCUT2D eigenvalue weighted by atomic mass is 10.2. The molecule has 0 amide bonds. The number of thioether (sulfide) groups is 1. The van der Waals surface area contributed by atoms with E-state index in [1.807, 2.05) is 30.5 Å². The van der Waals surface area contributed by atoms with Crippen LogP contribution in [-0.2, 0) is 6.54 Å². The fourth-order valence-electron chi connectivity index (χ4n) is 1.75. The maximum Gasteiger partial charge on any atom is 0.292 e. The smallest absolute Gasteiger partial charge is 0.292 e. The fourth-order valence-corrected chi connectivity index (χ4v) is 2.16. The van der Waals surface area contributed by atoms with Gasteiger partial charge < -0.3 is 5.32 Å². The molecular weight excluding hydrogens is 279 g/mol. The molecule has 0 fully saturated rings. The monoisotopic (exact) mass is 292 g/mol. The van der Waals surface area contributed by atoms with E-state index in [2.05, 4.69) is 5.32 Å². The Labute approximate surface area is 120 Å². The highest BCUT2D eigenvalue weighted by Crippen LogP contribution is 2.25. The van der Waals surface area contributed by atoms with Crippen LogP contribution in [0.2, 0.25) is 0 Å². The van der Waals surface area contributed by atoms with Crippen molar-refractivity contribution in [1.82, 2.24) is 0 Å². The molecule has 4 nitrogen and oxygen atoms in total. The van der Waals surface area contributed by atoms with Crippen molar-refractivity contribution in [1.29, 1.82) is 0 Å². The van der Waals surface area contributed by atoms with Crippen LogP contribution in [0.15, 0.2) is 47.4 Å². The predicted molar refractivity (Wildman–Crippen MR) is 78.6 cm³/mol. The molecule has 0 heterocycles. The van der Waals surface area contributed by atoms with E-state index in [0.717, 1.165) is 28.7 Å². The number of nitro benzene ring substituents is 1. The second kappa shape index (κ2) is 6.38. The van der Waals surface area contributed by atoms with Crippen molar-refractivity contribution >= 4 is 23.1 Å². The van der Waals surface area contributed by atoms with E-state index in [0.29, 0.717) is 6.54 Å². The molecular formula is C14H13FN2O2S. The first-order valence-electron chi connectivity index (χ1n) is 5.91. The standard InChI is InChI=1S/C14H13FN2O2S/c1-20-12-5-2-10(3-6-12)9-16-13-8-11(15)4-7-14(13)17(18)19/h2-8,16H,9H2,1H3. The van der Waals surface area contributed by atoms with Crippen LogP contribution in [0.3, 0.4) is 0 Å². The van der Waals surface area contributed by atoms with Gasteiger partial charge in [-0.2, -0.15) is 0 Å². The van der Waals surface area contributed by atoms with Crippen LogP contribution in [0.25, 0.3) is 0 Å². The third-order valence-electron chi connectivity index (χ3n) is 2.80. The minimum Gasteiger partial charge on any atom is -0.375 e. The summed E-state index contributed by atoms with van der Waals surface area (Å²) in [5.41, 5.74) is 1.03. The van der Waals surface area contributed by atoms with Crippen LogP contribution < -0.4 is 5.32 Å². The highest BCUT2D eigenvalue weighted by Gasteiger charge is 2.13. The zero-order chi connectivity index (χ0) is 14.5. The van der Waals surface area contributed by atoms with Gasteiger partial charge in [-0.25, -0.2) is 4.39 Å². The molecule has 0 radical (unpaired) electrons. The molecule has 6 heteroatoms. The van der Waals surface area contributed by atoms with Gasteiger partial charge in [0.25, 0.3) is 5.69 Å². The third kappa shape index (κ3) is 3.48. The zero-order valence-corrected chi connectivity index (χ0v) is 11.6. The molecule has 0 bridgehead atoms. The topological polar surface area (TPSA) is 55.2 Å². The van der Waals surface area contributed by atoms with Crippen molar-refractivity contribution in [2.45, 2.75) is 11.4 Å². The summed E-state index contributed by atoms with van der Waals surface area (Å²) in [4.78, 5) is 11.5. The Morgan fingerprint density at radius 2 is 1.95 bits per heavy atom. The molecule has 104 valence electrons. The lowest BCUT2D eigenvalue weighted by Crippen LogP contribution is -2.03. The molecule has 0 aliphatic heterocycles. The summed E-state index contributed by atoms with van der Waals surface area (Å²) in [6, 6.07) is 11.2. The molecule has 0 atom stereocenters. The lowest BCUT2D eigenvalue weighted by Gasteiger charge is -2.08. The number of hydrogen-bond donors (Lipinski definition) is 1. The van der Waals surface area contributed by atoms with E-state index in [-0.39, 0.29) is 11.4 Å². The predicted octanol–water partition coefficient (Wildman–Crippen LogP) is 4.07. The molecule has 0 saturated heterocycles. The summed E-state index contributed by atoms with van der Waals surface area (Å²) in [7, 11) is 0. The van der Waals surface area contributed by atoms with Gasteiger partial charge in [0.1, 0.15) is 11.5 Å². The quantitative estimate of drug-likeness (QED) is 0.513. The summed E-state index contributed by atoms with van der Waals surface area (Å²) < 4.78 is 13.2. The minimum absolute atomic E-state index is 0.132. The second-order valence-electron chi connectivity index (χ2n) is 4.12. The van der Waals surface area contributed by atoms with Crippen molar-refractivity contribution < 1.29 is 9.31 Å². The van der Waals surface area contributed by atoms with Gasteiger partial charge in [0.15, 0.2) is 0 Å². The van der Waals surface area contributed by atoms with Gasteiger partial charge in [0.2, 0.25) is 0 Å². The van der Waals surface area contributed by atoms with Crippen LogP contribution in [0.5, 0.6) is 0 Å². The summed E-state index contributed by atoms with van der Waals surface area (Å²) in [6.45, 7) is 0.402. The number of anilines is 1. The molecule has 0 unspecified atom stereocenters. The molecule has 2 aromatic carbocycles. The Bertz CT molecular complexity index is 617. The highest BCUT2D eigenvalue weighted by atomic mass is 32.2. The normalized spacial score (nSPS) is 10.3. The lowest BCUT2D eigenvalue weighted by molar-refractivity contribution is -0.384. The molecule has 20 heavy (non-hydrogen) atoms. The van der Waals surface area contributed by atoms with Gasteiger partial charge in [-0.05, 0) is 30.0 Å². The SMILES string of the molecule is CSc1ccc(CNc2cc(F)ccc2[N+](=O)[O-])cc1. The Balaban J connectivity index is 2.13. The van der Waals surface area contributed by atoms with E-state index in [1.165, 1.54) is 0 Å². The average Bonchev–Trinajstić information content (AvgIpc) is 2.45. The van der Waals surface area contributed by atoms with E-state index in [4.69, 9.17) is 0 Å². The van der Waals surface area contributed by atoms with Gasteiger partial charge in [-0.3, -0.25) is 10.1 Å². The maximum atomic E-state index is 13.2. The summed E-state index contributed by atoms with van der Waals surface area (Å²) in [6.07, 6.45) is 1.99. The van der Waals surface area contributed by atoms with Crippen LogP contribution in [0.4, 0.5) is 15.8 Å². The number of rotatable bonds is 5. The molecule has 0 saturated carbocycles. The van der Waals surface area contributed by atoms with Crippen molar-refractivity contribution in [2.75, 3.05) is 11.6 Å². The van der Waals surface area contributed by atoms with E-state index in [1.54, 1.807) is 11.8 Å². The highest BCUT2D eigenvalue weighted by molar-refractivity contribution is 7.98. The second-order valence-corrected chi connectivity index (χ2v) is 5.00. The van der Waals surface area contributed by atoms with Crippen LogP contribution in [0.1, 0.15) is 5.56 Å². The number of nitro groups is 1. The van der Waals surface area contributed by atoms with Crippen LogP contribution >= 0.6 is 11.8 Å². The number of halogens is 1. The summed E-state index contributed by atoms with van der Waals surface area (Å²) in [5, 5.41) is 13.8. The van der Waals surface area contributed by atoms with E-state index >= 15 is 0 Å². The minimum atomic E-state index is -0.529. The Morgan fingerprint density at radius 1 is 1.25 bits per heavy atom. The largest absolute Gasteiger partial charge is 0.375 e. The van der Waals surface area contributed by atoms with Gasteiger partial charge >= 0.3 is 0 Å². The first kappa shape index (κ1) is 14.3. The van der Waals surface area contributed by atoms with Gasteiger partial charge in [-0.15, -0.1) is 11.8 Å². The van der Waals surface area contributed by atoms with Crippen molar-refractivity contribution in [2.24, 2.45) is 0 Å². The molecule has 0 aromatic heterocycles. The van der Waals surface area contributed by atoms with Crippen molar-refractivity contribution in [3.8, 4) is 0 Å². The molecule has 2 aromatic rings. The molecule has 1 N–H and O–H groups in total. The maximum absolute atomic E-state index is 13.2. The first-order chi connectivity index (χ1) is 9.60. The third-order valence-corrected chi connectivity index (χ3v) is 3.54. The Hall–Kier alpha value is -2.08. The van der Waals surface area contributed by atoms with Crippen LogP contribution in [-0.4, -0.2) is 11.2 Å². The number of hydrogen-bond acceptors (Lipinski definition) is 4. The van der Waals surface area contributed by atoms with Crippen molar-refractivity contribution in [3.05, 3.63) is 64.0 Å². The van der Waals surface area contributed by atoms with E-state index < -0.39 is 10.7 Å². The Morgan fingerprint density at radius 3 is 2.55 bits per heavy atom.